The number of nitrogens with zero attached hydrogens (tertiary/aromatic N) is 1. The Labute approximate surface area is 139 Å². The number of thiazole rings is 1. The summed E-state index contributed by atoms with van der Waals surface area (Å²) in [5.41, 5.74) is 2.50. The smallest absolute Gasteiger partial charge is 0.107 e. The van der Waals surface area contributed by atoms with Gasteiger partial charge in [0.25, 0.3) is 0 Å². The van der Waals surface area contributed by atoms with Gasteiger partial charge in [-0.3, -0.25) is 0 Å². The van der Waals surface area contributed by atoms with Crippen LogP contribution in [0.3, 0.4) is 0 Å². The SMILES string of the molecule is CCNCc1nc(C2CSCCS2)sc1-c1ccccc1. The summed E-state index contributed by atoms with van der Waals surface area (Å²) in [5.74, 6) is 3.73. The minimum Gasteiger partial charge on any atom is -0.311 e. The Morgan fingerprint density at radius 2 is 2.10 bits per heavy atom. The molecule has 21 heavy (non-hydrogen) atoms. The van der Waals surface area contributed by atoms with Crippen LogP contribution < -0.4 is 5.32 Å². The lowest BCUT2D eigenvalue weighted by Crippen LogP contribution is -2.13. The highest BCUT2D eigenvalue weighted by molar-refractivity contribution is 8.06. The van der Waals surface area contributed by atoms with Crippen molar-refractivity contribution < 1.29 is 0 Å². The number of hydrogen-bond acceptors (Lipinski definition) is 5. The molecule has 2 aromatic rings. The van der Waals surface area contributed by atoms with Crippen molar-refractivity contribution in [2.24, 2.45) is 0 Å². The predicted octanol–water partition coefficient (Wildman–Crippen LogP) is 4.44. The number of thioether (sulfide) groups is 2. The van der Waals surface area contributed by atoms with E-state index in [0.717, 1.165) is 13.1 Å². The highest BCUT2D eigenvalue weighted by Gasteiger charge is 2.22. The van der Waals surface area contributed by atoms with Gasteiger partial charge in [-0.1, -0.05) is 37.3 Å². The molecule has 1 aliphatic rings. The Kier molecular flexibility index (Phi) is 5.63. The van der Waals surface area contributed by atoms with Crippen LogP contribution in [0.1, 0.15) is 22.9 Å². The standard InChI is InChI=1S/C16H20N2S3/c1-2-17-10-13-15(12-6-4-3-5-7-12)21-16(18-13)14-11-19-8-9-20-14/h3-7,14,17H,2,8-11H2,1H3. The van der Waals surface area contributed by atoms with E-state index in [9.17, 15) is 0 Å². The zero-order valence-corrected chi connectivity index (χ0v) is 14.6. The van der Waals surface area contributed by atoms with Crippen LogP contribution in [0, 0.1) is 0 Å². The molecular formula is C16H20N2S3. The molecule has 0 aliphatic carbocycles. The van der Waals surface area contributed by atoms with Gasteiger partial charge in [0, 0.05) is 23.8 Å². The summed E-state index contributed by atoms with van der Waals surface area (Å²) in [7, 11) is 0. The van der Waals surface area contributed by atoms with E-state index in [0.29, 0.717) is 5.25 Å². The first kappa shape index (κ1) is 15.4. The molecule has 2 heterocycles. The third-order valence-electron chi connectivity index (χ3n) is 3.38. The summed E-state index contributed by atoms with van der Waals surface area (Å²) in [6.45, 7) is 3.99. The van der Waals surface area contributed by atoms with Crippen LogP contribution in [0.15, 0.2) is 30.3 Å². The van der Waals surface area contributed by atoms with Crippen molar-refractivity contribution in [2.75, 3.05) is 23.8 Å². The van der Waals surface area contributed by atoms with Crippen molar-refractivity contribution in [1.29, 1.82) is 0 Å². The topological polar surface area (TPSA) is 24.9 Å². The molecule has 1 fully saturated rings. The van der Waals surface area contributed by atoms with Crippen molar-refractivity contribution in [3.63, 3.8) is 0 Å². The molecule has 1 N–H and O–H groups in total. The van der Waals surface area contributed by atoms with Crippen LogP contribution in [0.4, 0.5) is 0 Å². The molecule has 0 bridgehead atoms. The van der Waals surface area contributed by atoms with E-state index in [1.807, 2.05) is 11.3 Å². The van der Waals surface area contributed by atoms with Crippen molar-refractivity contribution in [3.8, 4) is 10.4 Å². The molecule has 112 valence electrons. The summed E-state index contributed by atoms with van der Waals surface area (Å²) < 4.78 is 0. The average Bonchev–Trinajstić information content (AvgIpc) is 2.99. The van der Waals surface area contributed by atoms with Gasteiger partial charge in [-0.05, 0) is 12.1 Å². The van der Waals surface area contributed by atoms with Gasteiger partial charge in [0.15, 0.2) is 0 Å². The lowest BCUT2D eigenvalue weighted by atomic mass is 10.1. The second-order valence-electron chi connectivity index (χ2n) is 4.91. The first-order chi connectivity index (χ1) is 10.4. The van der Waals surface area contributed by atoms with E-state index in [2.05, 4.69) is 66.1 Å². The molecule has 1 aromatic heterocycles. The van der Waals surface area contributed by atoms with Gasteiger partial charge in [0.05, 0.1) is 15.8 Å². The van der Waals surface area contributed by atoms with E-state index >= 15 is 0 Å². The zero-order chi connectivity index (χ0) is 14.5. The molecule has 0 amide bonds. The predicted molar refractivity (Wildman–Crippen MR) is 97.5 cm³/mol. The van der Waals surface area contributed by atoms with Crippen LogP contribution in [0.25, 0.3) is 10.4 Å². The monoisotopic (exact) mass is 336 g/mol. The third-order valence-corrected chi connectivity index (χ3v) is 7.56. The summed E-state index contributed by atoms with van der Waals surface area (Å²) in [5, 5.41) is 5.30. The van der Waals surface area contributed by atoms with Gasteiger partial charge in [0.1, 0.15) is 5.01 Å². The fraction of sp³-hybridized carbons (Fsp3) is 0.438. The van der Waals surface area contributed by atoms with Crippen molar-refractivity contribution >= 4 is 34.9 Å². The van der Waals surface area contributed by atoms with E-state index in [1.54, 1.807) is 0 Å². The van der Waals surface area contributed by atoms with Gasteiger partial charge < -0.3 is 5.32 Å². The number of hydrogen-bond donors (Lipinski definition) is 1. The van der Waals surface area contributed by atoms with Gasteiger partial charge in [-0.2, -0.15) is 11.8 Å². The Hall–Kier alpha value is -0.490. The highest BCUT2D eigenvalue weighted by atomic mass is 32.2. The lowest BCUT2D eigenvalue weighted by Gasteiger charge is -2.18. The molecule has 1 aromatic carbocycles. The first-order valence-corrected chi connectivity index (χ1v) is 10.4. The quantitative estimate of drug-likeness (QED) is 0.872. The molecule has 1 saturated heterocycles. The van der Waals surface area contributed by atoms with Crippen LogP contribution in [0.5, 0.6) is 0 Å². The lowest BCUT2D eigenvalue weighted by molar-refractivity contribution is 0.713. The van der Waals surface area contributed by atoms with E-state index in [-0.39, 0.29) is 0 Å². The molecule has 0 saturated carbocycles. The van der Waals surface area contributed by atoms with Crippen molar-refractivity contribution in [2.45, 2.75) is 18.7 Å². The molecular weight excluding hydrogens is 316 g/mol. The minimum absolute atomic E-state index is 0.576. The van der Waals surface area contributed by atoms with Crippen molar-refractivity contribution in [3.05, 3.63) is 41.0 Å². The Bertz CT molecular complexity index is 562. The van der Waals surface area contributed by atoms with Crippen molar-refractivity contribution in [1.82, 2.24) is 10.3 Å². The molecule has 5 heteroatoms. The Morgan fingerprint density at radius 1 is 1.24 bits per heavy atom. The zero-order valence-electron chi connectivity index (χ0n) is 12.2. The normalized spacial score (nSPS) is 18.8. The molecule has 3 rings (SSSR count). The molecule has 1 aliphatic heterocycles. The van der Waals surface area contributed by atoms with Gasteiger partial charge in [-0.25, -0.2) is 4.98 Å². The summed E-state index contributed by atoms with van der Waals surface area (Å²) >= 11 is 6.01. The molecule has 1 unspecified atom stereocenters. The van der Waals surface area contributed by atoms with Gasteiger partial charge >= 0.3 is 0 Å². The maximum Gasteiger partial charge on any atom is 0.107 e. The summed E-state index contributed by atoms with van der Waals surface area (Å²) in [4.78, 5) is 6.31. The van der Waals surface area contributed by atoms with Gasteiger partial charge in [0.2, 0.25) is 0 Å². The first-order valence-electron chi connectivity index (χ1n) is 7.33. The Balaban J connectivity index is 1.90. The van der Waals surface area contributed by atoms with Crippen LogP contribution in [-0.4, -0.2) is 28.8 Å². The second-order valence-corrected chi connectivity index (χ2v) is 8.40. The third kappa shape index (κ3) is 3.83. The largest absolute Gasteiger partial charge is 0.311 e. The number of rotatable bonds is 5. The molecule has 0 spiro atoms. The fourth-order valence-electron chi connectivity index (χ4n) is 2.32. The van der Waals surface area contributed by atoms with Crippen LogP contribution >= 0.6 is 34.9 Å². The maximum absolute atomic E-state index is 4.97. The number of benzene rings is 1. The van der Waals surface area contributed by atoms with Crippen LogP contribution in [-0.2, 0) is 6.54 Å². The van der Waals surface area contributed by atoms with Gasteiger partial charge in [-0.15, -0.1) is 23.1 Å². The van der Waals surface area contributed by atoms with E-state index in [1.165, 1.54) is 38.4 Å². The molecule has 2 nitrogen and oxygen atoms in total. The highest BCUT2D eigenvalue weighted by Crippen LogP contribution is 2.41. The van der Waals surface area contributed by atoms with E-state index < -0.39 is 0 Å². The Morgan fingerprint density at radius 3 is 2.81 bits per heavy atom. The fourth-order valence-corrected chi connectivity index (χ4v) is 6.39. The average molecular weight is 337 g/mol. The summed E-state index contributed by atoms with van der Waals surface area (Å²) in [6.07, 6.45) is 0. The van der Waals surface area contributed by atoms with E-state index in [4.69, 9.17) is 4.98 Å². The molecule has 1 atom stereocenters. The second kappa shape index (κ2) is 7.68. The minimum atomic E-state index is 0.576. The van der Waals surface area contributed by atoms with Crippen LogP contribution in [0.2, 0.25) is 0 Å². The number of nitrogens with one attached hydrogen (secondary N) is 1. The molecule has 0 radical (unpaired) electrons. The number of aromatic nitrogens is 1. The summed E-state index contributed by atoms with van der Waals surface area (Å²) in [6, 6.07) is 10.7. The maximum atomic E-state index is 4.97.